The van der Waals surface area contributed by atoms with E-state index in [9.17, 15) is 8.42 Å². The first-order valence-corrected chi connectivity index (χ1v) is 9.47. The van der Waals surface area contributed by atoms with Crippen molar-refractivity contribution in [1.82, 2.24) is 4.72 Å². The molecule has 4 nitrogen and oxygen atoms in total. The average molecular weight is 313 g/mol. The van der Waals surface area contributed by atoms with Gasteiger partial charge in [0.2, 0.25) is 10.0 Å². The number of thiophene rings is 1. The number of hydrogen-bond donors (Lipinski definition) is 2. The second-order valence-corrected chi connectivity index (χ2v) is 8.72. The Kier molecular flexibility index (Phi) is 3.99. The quantitative estimate of drug-likeness (QED) is 0.778. The first-order valence-electron chi connectivity index (χ1n) is 7.10. The maximum atomic E-state index is 12.1. The Morgan fingerprint density at radius 3 is 3.00 bits per heavy atom. The van der Waals surface area contributed by atoms with E-state index in [1.165, 1.54) is 29.2 Å². The van der Waals surface area contributed by atoms with Crippen LogP contribution in [0, 0.1) is 11.8 Å². The first kappa shape index (κ1) is 14.3. The SMILES string of the molecule is C=C[C@H]1C[NH+]2CC[C@H]1C[C@@H]2CNS(=O)(=O)c1cccs1. The van der Waals surface area contributed by atoms with Crippen LogP contribution in [0.2, 0.25) is 0 Å². The van der Waals surface area contributed by atoms with Gasteiger partial charge in [0.15, 0.2) is 0 Å². The van der Waals surface area contributed by atoms with Crippen molar-refractivity contribution in [2.75, 3.05) is 19.6 Å². The molecule has 2 bridgehead atoms. The molecule has 0 radical (unpaired) electrons. The van der Waals surface area contributed by atoms with E-state index < -0.39 is 10.0 Å². The lowest BCUT2D eigenvalue weighted by molar-refractivity contribution is -0.944. The Balaban J connectivity index is 1.62. The predicted molar refractivity (Wildman–Crippen MR) is 80.4 cm³/mol. The molecule has 4 atom stereocenters. The van der Waals surface area contributed by atoms with Crippen LogP contribution >= 0.6 is 11.3 Å². The number of hydrogen-bond acceptors (Lipinski definition) is 3. The van der Waals surface area contributed by atoms with Crippen LogP contribution in [-0.4, -0.2) is 34.1 Å². The van der Waals surface area contributed by atoms with E-state index in [0.29, 0.717) is 28.6 Å². The zero-order valence-corrected chi connectivity index (χ0v) is 13.1. The van der Waals surface area contributed by atoms with E-state index in [1.807, 2.05) is 0 Å². The highest BCUT2D eigenvalue weighted by atomic mass is 32.2. The molecule has 3 aliphatic rings. The van der Waals surface area contributed by atoms with Gasteiger partial charge in [-0.05, 0) is 17.4 Å². The summed E-state index contributed by atoms with van der Waals surface area (Å²) < 4.78 is 27.5. The number of sulfonamides is 1. The molecular formula is C14H21N2O2S2+. The van der Waals surface area contributed by atoms with Gasteiger partial charge in [-0.15, -0.1) is 17.9 Å². The minimum Gasteiger partial charge on any atom is -0.331 e. The molecule has 0 aliphatic carbocycles. The highest BCUT2D eigenvalue weighted by Crippen LogP contribution is 2.27. The van der Waals surface area contributed by atoms with Crippen LogP contribution in [0.3, 0.4) is 0 Å². The molecule has 20 heavy (non-hydrogen) atoms. The fourth-order valence-corrected chi connectivity index (χ4v) is 5.67. The van der Waals surface area contributed by atoms with Crippen LogP contribution in [0.25, 0.3) is 0 Å². The average Bonchev–Trinajstić information content (AvgIpc) is 3.01. The van der Waals surface area contributed by atoms with Crippen molar-refractivity contribution in [2.45, 2.75) is 23.1 Å². The van der Waals surface area contributed by atoms with Crippen LogP contribution < -0.4 is 9.62 Å². The second-order valence-electron chi connectivity index (χ2n) is 5.78. The van der Waals surface area contributed by atoms with Crippen molar-refractivity contribution >= 4 is 21.4 Å². The fraction of sp³-hybridized carbons (Fsp3) is 0.571. The number of nitrogens with one attached hydrogen (secondary N) is 2. The van der Waals surface area contributed by atoms with Gasteiger partial charge in [0, 0.05) is 18.8 Å². The first-order chi connectivity index (χ1) is 9.60. The highest BCUT2D eigenvalue weighted by molar-refractivity contribution is 7.91. The zero-order chi connectivity index (χ0) is 14.2. The van der Waals surface area contributed by atoms with Crippen molar-refractivity contribution < 1.29 is 13.3 Å². The molecule has 3 fully saturated rings. The Hall–Kier alpha value is -0.690. The van der Waals surface area contributed by atoms with Crippen molar-refractivity contribution in [3.63, 3.8) is 0 Å². The number of quaternary nitrogens is 1. The van der Waals surface area contributed by atoms with Crippen LogP contribution in [0.4, 0.5) is 0 Å². The molecule has 2 N–H and O–H groups in total. The minimum absolute atomic E-state index is 0.410. The summed E-state index contributed by atoms with van der Waals surface area (Å²) >= 11 is 1.27. The summed E-state index contributed by atoms with van der Waals surface area (Å²) in [6, 6.07) is 3.84. The molecule has 1 unspecified atom stereocenters. The standard InChI is InChI=1S/C14H20N2O2S2/c1-2-11-10-16-6-5-12(11)8-13(16)9-15-20(17,18)14-4-3-7-19-14/h2-4,7,11-13,15H,1,5-6,8-10H2/p+1/t11-,12-,13+/m0/s1. The normalized spacial score (nSPS) is 33.2. The predicted octanol–water partition coefficient (Wildman–Crippen LogP) is 0.506. The molecule has 6 heteroatoms. The zero-order valence-electron chi connectivity index (χ0n) is 11.4. The van der Waals surface area contributed by atoms with E-state index >= 15 is 0 Å². The summed E-state index contributed by atoms with van der Waals surface area (Å²) in [5, 5.41) is 1.79. The van der Waals surface area contributed by atoms with Crippen LogP contribution in [0.5, 0.6) is 0 Å². The molecule has 3 aliphatic heterocycles. The van der Waals surface area contributed by atoms with E-state index in [2.05, 4.69) is 17.4 Å². The van der Waals surface area contributed by atoms with E-state index in [1.54, 1.807) is 17.5 Å². The summed E-state index contributed by atoms with van der Waals surface area (Å²) in [6.45, 7) is 6.75. The van der Waals surface area contributed by atoms with Crippen molar-refractivity contribution in [3.8, 4) is 0 Å². The van der Waals surface area contributed by atoms with Gasteiger partial charge in [0.1, 0.15) is 10.3 Å². The van der Waals surface area contributed by atoms with E-state index in [4.69, 9.17) is 0 Å². The van der Waals surface area contributed by atoms with Gasteiger partial charge in [-0.1, -0.05) is 12.1 Å². The lowest BCUT2D eigenvalue weighted by atomic mass is 9.76. The van der Waals surface area contributed by atoms with Crippen LogP contribution in [0.15, 0.2) is 34.4 Å². The van der Waals surface area contributed by atoms with Gasteiger partial charge >= 0.3 is 0 Å². The largest absolute Gasteiger partial charge is 0.331 e. The summed E-state index contributed by atoms with van der Waals surface area (Å²) in [5.74, 6) is 1.31. The molecule has 4 rings (SSSR count). The maximum absolute atomic E-state index is 12.1. The number of piperidine rings is 3. The third-order valence-electron chi connectivity index (χ3n) is 4.69. The molecular weight excluding hydrogens is 292 g/mol. The molecule has 1 aromatic heterocycles. The summed E-state index contributed by atoms with van der Waals surface area (Å²) in [6.07, 6.45) is 4.44. The Morgan fingerprint density at radius 2 is 2.40 bits per heavy atom. The van der Waals surface area contributed by atoms with Crippen molar-refractivity contribution in [3.05, 3.63) is 30.2 Å². The van der Waals surface area contributed by atoms with Crippen molar-refractivity contribution in [1.29, 1.82) is 0 Å². The second kappa shape index (κ2) is 5.60. The lowest BCUT2D eigenvalue weighted by Crippen LogP contribution is -3.20. The third-order valence-corrected chi connectivity index (χ3v) is 7.51. The van der Waals surface area contributed by atoms with Gasteiger partial charge in [0.25, 0.3) is 0 Å². The highest BCUT2D eigenvalue weighted by Gasteiger charge is 2.42. The Labute approximate surface area is 124 Å². The maximum Gasteiger partial charge on any atom is 0.250 e. The summed E-state index contributed by atoms with van der Waals surface area (Å²) in [5.41, 5.74) is 0. The molecule has 110 valence electrons. The molecule has 3 saturated heterocycles. The Bertz CT molecular complexity index is 568. The molecule has 1 aromatic rings. The van der Waals surface area contributed by atoms with Crippen LogP contribution in [-0.2, 0) is 10.0 Å². The summed E-state index contributed by atoms with van der Waals surface area (Å²) in [4.78, 5) is 1.53. The fourth-order valence-electron chi connectivity index (χ4n) is 3.55. The van der Waals surface area contributed by atoms with Crippen molar-refractivity contribution in [2.24, 2.45) is 11.8 Å². The number of fused-ring (bicyclic) bond motifs is 3. The minimum atomic E-state index is -3.32. The lowest BCUT2D eigenvalue weighted by Gasteiger charge is -2.46. The van der Waals surface area contributed by atoms with Crippen LogP contribution in [0.1, 0.15) is 12.8 Å². The molecule has 0 saturated carbocycles. The third kappa shape index (κ3) is 2.70. The van der Waals surface area contributed by atoms with E-state index in [-0.39, 0.29) is 0 Å². The van der Waals surface area contributed by atoms with E-state index in [0.717, 1.165) is 13.0 Å². The molecule has 0 spiro atoms. The molecule has 4 heterocycles. The monoisotopic (exact) mass is 313 g/mol. The van der Waals surface area contributed by atoms with Gasteiger partial charge in [-0.25, -0.2) is 13.1 Å². The Morgan fingerprint density at radius 1 is 1.55 bits per heavy atom. The van der Waals surface area contributed by atoms with Gasteiger partial charge in [-0.3, -0.25) is 0 Å². The van der Waals surface area contributed by atoms with Gasteiger partial charge < -0.3 is 4.90 Å². The van der Waals surface area contributed by atoms with Gasteiger partial charge in [-0.2, -0.15) is 0 Å². The number of rotatable bonds is 5. The van der Waals surface area contributed by atoms with Gasteiger partial charge in [0.05, 0.1) is 19.6 Å². The molecule has 0 aromatic carbocycles. The molecule has 0 amide bonds. The topological polar surface area (TPSA) is 50.6 Å². The smallest absolute Gasteiger partial charge is 0.250 e. The summed E-state index contributed by atoms with van der Waals surface area (Å²) in [7, 11) is -3.32.